The van der Waals surface area contributed by atoms with Crippen molar-refractivity contribution in [2.45, 2.75) is 0 Å². The molecule has 0 aliphatic carbocycles. The van der Waals surface area contributed by atoms with Crippen LogP contribution in [0.1, 0.15) is 20.8 Å². The molecule has 0 aliphatic heterocycles. The molecule has 112 valence electrons. The Morgan fingerprint density at radius 2 is 1.64 bits per heavy atom. The molecule has 0 unspecified atom stereocenters. The van der Waals surface area contributed by atoms with Gasteiger partial charge in [-0.05, 0) is 17.7 Å². The molecule has 1 aromatic carbocycles. The summed E-state index contributed by atoms with van der Waals surface area (Å²) in [5, 5.41) is 17.9. The number of benzene rings is 1. The first-order valence-electron chi connectivity index (χ1n) is 5.34. The number of hydrogen-bond donors (Lipinski definition) is 4. The molecule has 0 spiro atoms. The molecule has 1 heterocycles. The number of aromatic amines is 2. The van der Waals surface area contributed by atoms with Crippen LogP contribution in [0.15, 0.2) is 33.9 Å². The zero-order chi connectivity index (χ0) is 14.9. The van der Waals surface area contributed by atoms with Gasteiger partial charge in [0.05, 0.1) is 11.1 Å². The third kappa shape index (κ3) is 4.22. The van der Waals surface area contributed by atoms with Gasteiger partial charge in [-0.3, -0.25) is 9.78 Å². The van der Waals surface area contributed by atoms with E-state index in [0.29, 0.717) is 0 Å². The summed E-state index contributed by atoms with van der Waals surface area (Å²) in [6.45, 7) is 0. The standard InChI is InChI=1S/C12H8N2O6.K.H2O.H/c15-9-7(8(11(18)19)13-12(20)14-9)5-2-1-3-6(4-5)10(16)17;;;/h1-4H,(H,16,17)(H,18,19)(H2,13,14,15,20);;1H2;. The van der Waals surface area contributed by atoms with Gasteiger partial charge in [-0.1, -0.05) is 12.1 Å². The molecule has 0 bridgehead atoms. The molecule has 0 saturated heterocycles. The number of nitrogens with one attached hydrogen (secondary N) is 2. The van der Waals surface area contributed by atoms with Crippen LogP contribution in [-0.4, -0.2) is 89.0 Å². The fraction of sp³-hybridized carbons (Fsp3) is 0. The van der Waals surface area contributed by atoms with Gasteiger partial charge in [0.25, 0.3) is 5.56 Å². The SMILES string of the molecule is O.O=C(O)c1cccc(-c2c(C(=O)O)[nH]c(=O)[nH]c2=O)c1.[KH]. The van der Waals surface area contributed by atoms with Gasteiger partial charge in [0, 0.05) is 0 Å². The number of aromatic nitrogens is 2. The second-order valence-electron chi connectivity index (χ2n) is 3.85. The second-order valence-corrected chi connectivity index (χ2v) is 3.85. The van der Waals surface area contributed by atoms with Crippen LogP contribution in [0.2, 0.25) is 0 Å². The number of carboxylic acid groups (broad SMARTS) is 2. The van der Waals surface area contributed by atoms with Crippen molar-refractivity contribution in [3.63, 3.8) is 0 Å². The molecule has 0 aliphatic rings. The summed E-state index contributed by atoms with van der Waals surface area (Å²) in [5.74, 6) is -2.71. The van der Waals surface area contributed by atoms with E-state index in [-0.39, 0.29) is 73.6 Å². The van der Waals surface area contributed by atoms with Gasteiger partial charge in [0.2, 0.25) is 0 Å². The van der Waals surface area contributed by atoms with Crippen LogP contribution in [0.3, 0.4) is 0 Å². The number of H-pyrrole nitrogens is 2. The molecule has 0 atom stereocenters. The zero-order valence-corrected chi connectivity index (χ0v) is 10.3. The van der Waals surface area contributed by atoms with E-state index in [4.69, 9.17) is 10.2 Å². The summed E-state index contributed by atoms with van der Waals surface area (Å²) in [4.78, 5) is 48.7. The Bertz CT molecular complexity index is 825. The van der Waals surface area contributed by atoms with E-state index in [1.165, 1.54) is 18.2 Å². The predicted octanol–water partition coefficient (Wildman–Crippen LogP) is -1.35. The van der Waals surface area contributed by atoms with E-state index >= 15 is 0 Å². The van der Waals surface area contributed by atoms with E-state index in [1.807, 2.05) is 9.97 Å². The molecule has 0 fully saturated rings. The Kier molecular flexibility index (Phi) is 7.59. The quantitative estimate of drug-likeness (QED) is 0.505. The average molecular weight is 334 g/mol. The third-order valence-electron chi connectivity index (χ3n) is 2.55. The fourth-order valence-electron chi connectivity index (χ4n) is 1.73. The molecule has 0 amide bonds. The van der Waals surface area contributed by atoms with Crippen LogP contribution in [0.4, 0.5) is 0 Å². The predicted molar refractivity (Wildman–Crippen MR) is 77.8 cm³/mol. The summed E-state index contributed by atoms with van der Waals surface area (Å²) < 4.78 is 0. The van der Waals surface area contributed by atoms with Gasteiger partial charge in [0.1, 0.15) is 5.69 Å². The van der Waals surface area contributed by atoms with Crippen molar-refractivity contribution in [1.82, 2.24) is 9.97 Å². The van der Waals surface area contributed by atoms with Gasteiger partial charge in [0.15, 0.2) is 0 Å². The maximum absolute atomic E-state index is 11.8. The van der Waals surface area contributed by atoms with Crippen LogP contribution >= 0.6 is 0 Å². The van der Waals surface area contributed by atoms with E-state index in [1.54, 1.807) is 0 Å². The number of aromatic carboxylic acids is 2. The van der Waals surface area contributed by atoms with E-state index in [0.717, 1.165) is 6.07 Å². The normalized spacial score (nSPS) is 9.27. The Balaban J connectivity index is 0.00000220. The van der Waals surface area contributed by atoms with Crippen molar-refractivity contribution in [3.8, 4) is 11.1 Å². The molecule has 9 nitrogen and oxygen atoms in total. The van der Waals surface area contributed by atoms with E-state index in [2.05, 4.69) is 0 Å². The number of hydrogen-bond acceptors (Lipinski definition) is 4. The Morgan fingerprint density at radius 1 is 1.00 bits per heavy atom. The van der Waals surface area contributed by atoms with Crippen LogP contribution in [0.25, 0.3) is 11.1 Å². The van der Waals surface area contributed by atoms with E-state index < -0.39 is 28.9 Å². The second kappa shape index (κ2) is 8.17. The molecular formula is C12H11KN2O7. The maximum atomic E-state index is 11.8. The fourth-order valence-corrected chi connectivity index (χ4v) is 1.73. The zero-order valence-electron chi connectivity index (χ0n) is 10.3. The third-order valence-corrected chi connectivity index (χ3v) is 2.55. The van der Waals surface area contributed by atoms with Gasteiger partial charge in [-0.25, -0.2) is 14.4 Å². The molecule has 6 N–H and O–H groups in total. The van der Waals surface area contributed by atoms with Crippen molar-refractivity contribution in [1.29, 1.82) is 0 Å². The van der Waals surface area contributed by atoms with E-state index in [9.17, 15) is 19.2 Å². The van der Waals surface area contributed by atoms with Gasteiger partial charge in [-0.15, -0.1) is 0 Å². The number of rotatable bonds is 3. The summed E-state index contributed by atoms with van der Waals surface area (Å²) in [6, 6.07) is 5.19. The van der Waals surface area contributed by atoms with Crippen LogP contribution in [0.5, 0.6) is 0 Å². The molecule has 1 aromatic heterocycles. The van der Waals surface area contributed by atoms with Crippen LogP contribution < -0.4 is 11.2 Å². The Hall–Kier alpha value is -1.56. The molecule has 22 heavy (non-hydrogen) atoms. The van der Waals surface area contributed by atoms with Crippen molar-refractivity contribution in [2.75, 3.05) is 0 Å². The summed E-state index contributed by atoms with van der Waals surface area (Å²) in [5.41, 5.74) is -2.79. The summed E-state index contributed by atoms with van der Waals surface area (Å²) >= 11 is 0. The minimum absolute atomic E-state index is 0. The molecule has 0 radical (unpaired) electrons. The molecular weight excluding hydrogens is 323 g/mol. The van der Waals surface area contributed by atoms with Crippen molar-refractivity contribution in [2.24, 2.45) is 0 Å². The van der Waals surface area contributed by atoms with Crippen LogP contribution in [-0.2, 0) is 0 Å². The monoisotopic (exact) mass is 334 g/mol. The topological polar surface area (TPSA) is 172 Å². The molecule has 10 heteroatoms. The first kappa shape index (κ1) is 20.4. The van der Waals surface area contributed by atoms with Gasteiger partial charge < -0.3 is 20.7 Å². The first-order chi connectivity index (χ1) is 9.40. The van der Waals surface area contributed by atoms with Crippen LogP contribution in [0, 0.1) is 0 Å². The number of carboxylic acids is 2. The summed E-state index contributed by atoms with van der Waals surface area (Å²) in [7, 11) is 0. The van der Waals surface area contributed by atoms with Crippen molar-refractivity contribution < 1.29 is 25.3 Å². The molecule has 2 aromatic rings. The Morgan fingerprint density at radius 3 is 2.18 bits per heavy atom. The first-order valence-corrected chi connectivity index (χ1v) is 5.34. The average Bonchev–Trinajstić information content (AvgIpc) is 2.37. The minimum atomic E-state index is -1.50. The Labute approximate surface area is 164 Å². The van der Waals surface area contributed by atoms with Gasteiger partial charge in [-0.2, -0.15) is 0 Å². The molecule has 2 rings (SSSR count). The summed E-state index contributed by atoms with van der Waals surface area (Å²) in [6.07, 6.45) is 0. The van der Waals surface area contributed by atoms with Crippen molar-refractivity contribution >= 4 is 63.3 Å². The molecule has 0 saturated carbocycles. The number of carbonyl (C=O) groups is 2. The van der Waals surface area contributed by atoms with Gasteiger partial charge >= 0.3 is 69.0 Å². The van der Waals surface area contributed by atoms with Crippen molar-refractivity contribution in [3.05, 3.63) is 56.4 Å².